The molecule has 2 atom stereocenters. The van der Waals surface area contributed by atoms with Crippen LogP contribution in [0.25, 0.3) is 0 Å². The number of rotatable bonds is 2. The summed E-state index contributed by atoms with van der Waals surface area (Å²) in [5, 5.41) is 0. The Bertz CT molecular complexity index is 1160. The lowest BCUT2D eigenvalue weighted by Gasteiger charge is -2.72. The van der Waals surface area contributed by atoms with Crippen molar-refractivity contribution in [2.24, 2.45) is 40.4 Å². The van der Waals surface area contributed by atoms with Crippen molar-refractivity contribution in [3.05, 3.63) is 34.9 Å². The highest BCUT2D eigenvalue weighted by Gasteiger charge is 2.67. The maximum atomic E-state index is 3.68. The van der Waals surface area contributed by atoms with Gasteiger partial charge < -0.3 is 0 Å². The molecule has 0 spiro atoms. The van der Waals surface area contributed by atoms with E-state index in [2.05, 4.69) is 80.4 Å². The minimum Gasteiger partial charge on any atom is -0.127 e. The van der Waals surface area contributed by atoms with Gasteiger partial charge in [0.05, 0.1) is 0 Å². The third kappa shape index (κ3) is 4.42. The number of hydrogen-bond acceptors (Lipinski definition) is 0. The van der Waals surface area contributed by atoms with Gasteiger partial charge in [-0.1, -0.05) is 51.1 Å². The summed E-state index contributed by atoms with van der Waals surface area (Å²) in [5.74, 6) is 12.4. The van der Waals surface area contributed by atoms with Gasteiger partial charge >= 0.3 is 0 Å². The summed E-state index contributed by atoms with van der Waals surface area (Å²) in [6, 6.07) is 7.42. The van der Waals surface area contributed by atoms with Crippen LogP contribution >= 0.6 is 0 Å². The molecule has 8 bridgehead atoms. The summed E-state index contributed by atoms with van der Waals surface area (Å²) < 4.78 is 0. The maximum Gasteiger partial charge on any atom is 0.129 e. The molecule has 0 aromatic heterocycles. The Kier molecular flexibility index (Phi) is 5.68. The molecular weight excluding hydrogens is 489 g/mol. The van der Waals surface area contributed by atoms with Gasteiger partial charge in [-0.3, -0.25) is 0 Å². The van der Waals surface area contributed by atoms with E-state index in [1.165, 1.54) is 36.8 Å². The second kappa shape index (κ2) is 8.40. The van der Waals surface area contributed by atoms with Crippen molar-refractivity contribution in [3.63, 3.8) is 0 Å². The molecule has 8 aliphatic rings. The molecule has 0 amide bonds. The van der Waals surface area contributed by atoms with Gasteiger partial charge in [-0.25, -0.2) is 0 Å². The zero-order chi connectivity index (χ0) is 26.6. The van der Waals surface area contributed by atoms with Crippen LogP contribution in [0.1, 0.15) is 93.7 Å². The Morgan fingerprint density at radius 2 is 0.974 bits per heavy atom. The summed E-state index contributed by atoms with van der Waals surface area (Å²) >= 11 is 0. The molecule has 38 heavy (non-hydrogen) atoms. The third-order valence-electron chi connectivity index (χ3n) is 11.9. The minimum atomic E-state index is -1.44. The highest BCUT2D eigenvalue weighted by atomic mass is 28.3. The fourth-order valence-electron chi connectivity index (χ4n) is 11.6. The number of hydrogen-bond donors (Lipinski definition) is 0. The fourth-order valence-corrected chi connectivity index (χ4v) is 12.6. The standard InChI is InChI=1S/C36H50Si2/c1-37(2,3)9-7-26-11-27(8-10-38(4,5)6)17-33(16-26)34-18-31-15-32(19-34)24-36(23-31,25-34)35-20-28-12-29(21-35)14-30(13-28)22-35/h11,16-17,28-32H,12-15,18-25H2,1-6H3. The zero-order valence-corrected chi connectivity index (χ0v) is 27.1. The summed E-state index contributed by atoms with van der Waals surface area (Å²) in [6.07, 6.45) is 18.5. The van der Waals surface area contributed by atoms with Crippen molar-refractivity contribution < 1.29 is 0 Å². The average molecular weight is 539 g/mol. The predicted molar refractivity (Wildman–Crippen MR) is 166 cm³/mol. The molecule has 1 aromatic carbocycles. The Labute approximate surface area is 235 Å². The molecule has 0 aliphatic heterocycles. The van der Waals surface area contributed by atoms with Crippen molar-refractivity contribution in [2.75, 3.05) is 0 Å². The van der Waals surface area contributed by atoms with Gasteiger partial charge in [0.2, 0.25) is 0 Å². The molecule has 2 unspecified atom stereocenters. The van der Waals surface area contributed by atoms with E-state index in [1.807, 2.05) is 0 Å². The highest BCUT2D eigenvalue weighted by molar-refractivity contribution is 6.84. The summed E-state index contributed by atoms with van der Waals surface area (Å²) in [6.45, 7) is 14.2. The molecule has 1 aromatic rings. The number of benzene rings is 1. The lowest BCUT2D eigenvalue weighted by atomic mass is 9.32. The molecule has 0 N–H and O–H groups in total. The Balaban J connectivity index is 1.32. The van der Waals surface area contributed by atoms with Crippen molar-refractivity contribution in [2.45, 2.75) is 122 Å². The Morgan fingerprint density at radius 1 is 0.553 bits per heavy atom. The molecule has 202 valence electrons. The lowest BCUT2D eigenvalue weighted by Crippen LogP contribution is -2.63. The van der Waals surface area contributed by atoms with Crippen LogP contribution in [0.15, 0.2) is 18.2 Å². The molecule has 9 rings (SSSR count). The van der Waals surface area contributed by atoms with Crippen molar-refractivity contribution in [3.8, 4) is 22.9 Å². The van der Waals surface area contributed by atoms with E-state index in [9.17, 15) is 0 Å². The summed E-state index contributed by atoms with van der Waals surface area (Å²) in [5.41, 5.74) is 13.2. The Morgan fingerprint density at radius 3 is 1.42 bits per heavy atom. The van der Waals surface area contributed by atoms with E-state index in [1.54, 1.807) is 56.9 Å². The molecule has 0 radical (unpaired) electrons. The molecule has 8 saturated carbocycles. The van der Waals surface area contributed by atoms with Crippen LogP contribution in [-0.4, -0.2) is 16.1 Å². The van der Waals surface area contributed by atoms with Crippen LogP contribution in [0.4, 0.5) is 0 Å². The van der Waals surface area contributed by atoms with Crippen LogP contribution in [0.3, 0.4) is 0 Å². The quantitative estimate of drug-likeness (QED) is 0.260. The Hall–Kier alpha value is -1.23. The fraction of sp³-hybridized carbons (Fsp3) is 0.722. The predicted octanol–water partition coefficient (Wildman–Crippen LogP) is 9.20. The first-order valence-corrected chi connectivity index (χ1v) is 23.0. The second-order valence-electron chi connectivity index (χ2n) is 17.5. The van der Waals surface area contributed by atoms with Crippen molar-refractivity contribution in [1.82, 2.24) is 0 Å². The van der Waals surface area contributed by atoms with Crippen LogP contribution < -0.4 is 0 Å². The van der Waals surface area contributed by atoms with E-state index in [0.29, 0.717) is 16.2 Å². The second-order valence-corrected chi connectivity index (χ2v) is 27.0. The summed E-state index contributed by atoms with van der Waals surface area (Å²) in [7, 11) is -2.87. The topological polar surface area (TPSA) is 0 Å². The minimum absolute atomic E-state index is 0.375. The molecule has 2 heteroatoms. The third-order valence-corrected chi connectivity index (χ3v) is 13.7. The van der Waals surface area contributed by atoms with Crippen LogP contribution in [0, 0.1) is 63.3 Å². The monoisotopic (exact) mass is 538 g/mol. The molecular formula is C36H50Si2. The molecule has 8 fully saturated rings. The van der Waals surface area contributed by atoms with E-state index in [-0.39, 0.29) is 0 Å². The van der Waals surface area contributed by atoms with Gasteiger partial charge in [-0.15, -0.1) is 11.1 Å². The maximum absolute atomic E-state index is 3.68. The van der Waals surface area contributed by atoms with Gasteiger partial charge in [0.25, 0.3) is 0 Å². The van der Waals surface area contributed by atoms with Crippen molar-refractivity contribution in [1.29, 1.82) is 0 Å². The molecule has 0 nitrogen and oxygen atoms in total. The van der Waals surface area contributed by atoms with E-state index in [4.69, 9.17) is 0 Å². The zero-order valence-electron chi connectivity index (χ0n) is 25.1. The van der Waals surface area contributed by atoms with E-state index < -0.39 is 16.1 Å². The highest BCUT2D eigenvalue weighted by Crippen LogP contribution is 2.77. The van der Waals surface area contributed by atoms with Gasteiger partial charge in [0.15, 0.2) is 0 Å². The SMILES string of the molecule is C[Si](C)(C)C#Cc1cc(C#C[Si](C)(C)C)cc(C23CC4CC(C2)CC(C25CC6CC(CC(C6)C2)C5)(C4)C3)c1. The largest absolute Gasteiger partial charge is 0.129 e. The smallest absolute Gasteiger partial charge is 0.127 e. The summed E-state index contributed by atoms with van der Waals surface area (Å²) in [4.78, 5) is 0. The lowest BCUT2D eigenvalue weighted by molar-refractivity contribution is -0.205. The van der Waals surface area contributed by atoms with E-state index >= 15 is 0 Å². The first kappa shape index (κ1) is 25.7. The molecule has 0 heterocycles. The van der Waals surface area contributed by atoms with Crippen molar-refractivity contribution >= 4 is 16.1 Å². The molecule has 8 aliphatic carbocycles. The van der Waals surface area contributed by atoms with Gasteiger partial charge in [-0.05, 0) is 147 Å². The van der Waals surface area contributed by atoms with Gasteiger partial charge in [0.1, 0.15) is 16.1 Å². The molecule has 0 saturated heterocycles. The van der Waals surface area contributed by atoms with Crippen LogP contribution in [0.2, 0.25) is 39.3 Å². The first-order chi connectivity index (χ1) is 17.8. The van der Waals surface area contributed by atoms with Gasteiger partial charge in [0, 0.05) is 11.1 Å². The first-order valence-electron chi connectivity index (χ1n) is 16.0. The van der Waals surface area contributed by atoms with Crippen LogP contribution in [-0.2, 0) is 5.41 Å². The van der Waals surface area contributed by atoms with Gasteiger partial charge in [-0.2, -0.15) is 0 Å². The van der Waals surface area contributed by atoms with Crippen LogP contribution in [0.5, 0.6) is 0 Å². The normalized spacial score (nSPS) is 42.4. The average Bonchev–Trinajstić information content (AvgIpc) is 2.79. The van der Waals surface area contributed by atoms with E-state index in [0.717, 1.165) is 29.6 Å².